The summed E-state index contributed by atoms with van der Waals surface area (Å²) in [5.74, 6) is -1.81. The van der Waals surface area contributed by atoms with E-state index < -0.39 is 29.7 Å². The molecule has 0 saturated carbocycles. The number of amides is 1. The molecule has 0 aliphatic rings. The van der Waals surface area contributed by atoms with Crippen LogP contribution in [0.25, 0.3) is 0 Å². The first-order chi connectivity index (χ1) is 15.5. The van der Waals surface area contributed by atoms with E-state index in [1.165, 1.54) is 6.08 Å². The summed E-state index contributed by atoms with van der Waals surface area (Å²) in [5, 5.41) is 21.1. The smallest absolute Gasteiger partial charge is 0.408 e. The summed E-state index contributed by atoms with van der Waals surface area (Å²) >= 11 is 0. The van der Waals surface area contributed by atoms with Crippen LogP contribution in [0.2, 0.25) is 0 Å². The van der Waals surface area contributed by atoms with E-state index >= 15 is 0 Å². The maximum Gasteiger partial charge on any atom is 0.408 e. The van der Waals surface area contributed by atoms with E-state index in [4.69, 9.17) is 9.47 Å². The Morgan fingerprint density at radius 1 is 0.970 bits per heavy atom. The van der Waals surface area contributed by atoms with Gasteiger partial charge in [-0.25, -0.2) is 14.4 Å². The van der Waals surface area contributed by atoms with Crippen LogP contribution < -0.4 is 10.1 Å². The van der Waals surface area contributed by atoms with Crippen molar-refractivity contribution in [1.82, 2.24) is 5.32 Å². The predicted octanol–water partition coefficient (Wildman–Crippen LogP) is 4.19. The molecule has 33 heavy (non-hydrogen) atoms. The number of benzene rings is 2. The first-order valence-corrected chi connectivity index (χ1v) is 10.4. The van der Waals surface area contributed by atoms with E-state index in [1.54, 1.807) is 45.0 Å². The fourth-order valence-electron chi connectivity index (χ4n) is 2.83. The Balaban J connectivity index is 1.99. The van der Waals surface area contributed by atoms with Crippen LogP contribution >= 0.6 is 0 Å². The number of alkyl carbamates (subject to hydrolysis) is 1. The van der Waals surface area contributed by atoms with Crippen molar-refractivity contribution in [3.05, 3.63) is 77.4 Å². The number of ether oxygens (including phenoxy) is 2. The molecule has 0 unspecified atom stereocenters. The van der Waals surface area contributed by atoms with Crippen LogP contribution in [0.4, 0.5) is 4.79 Å². The maximum absolute atomic E-state index is 11.9. The van der Waals surface area contributed by atoms with Crippen molar-refractivity contribution in [3.8, 4) is 5.75 Å². The van der Waals surface area contributed by atoms with Crippen molar-refractivity contribution in [2.24, 2.45) is 0 Å². The molecule has 0 spiro atoms. The number of aliphatic carboxylic acids is 2. The van der Waals surface area contributed by atoms with Crippen LogP contribution in [-0.4, -0.2) is 39.9 Å². The van der Waals surface area contributed by atoms with Gasteiger partial charge in [0, 0.05) is 12.0 Å². The predicted molar refractivity (Wildman–Crippen MR) is 122 cm³/mol. The Hall–Kier alpha value is -3.81. The lowest BCUT2D eigenvalue weighted by Gasteiger charge is -2.21. The average molecular weight is 456 g/mol. The second-order valence-electron chi connectivity index (χ2n) is 8.40. The molecule has 0 fully saturated rings. The molecule has 0 aromatic heterocycles. The Bertz CT molecular complexity index is 976. The monoisotopic (exact) mass is 455 g/mol. The van der Waals surface area contributed by atoms with Crippen LogP contribution in [0.3, 0.4) is 0 Å². The van der Waals surface area contributed by atoms with Gasteiger partial charge >= 0.3 is 18.0 Å². The van der Waals surface area contributed by atoms with Crippen molar-refractivity contribution in [3.63, 3.8) is 0 Å². The lowest BCUT2D eigenvalue weighted by Crippen LogP contribution is -2.43. The van der Waals surface area contributed by atoms with Gasteiger partial charge in [-0.15, -0.1) is 0 Å². The molecule has 0 aliphatic carbocycles. The van der Waals surface area contributed by atoms with Gasteiger partial charge in [-0.2, -0.15) is 0 Å². The molecule has 1 amide bonds. The van der Waals surface area contributed by atoms with Crippen molar-refractivity contribution >= 4 is 18.0 Å². The summed E-state index contributed by atoms with van der Waals surface area (Å²) in [4.78, 5) is 35.0. The van der Waals surface area contributed by atoms with E-state index in [0.717, 1.165) is 11.1 Å². The second kappa shape index (κ2) is 11.7. The van der Waals surface area contributed by atoms with Crippen LogP contribution in [0.1, 0.15) is 38.3 Å². The molecular formula is C25H29NO7. The number of hydrogen-bond donors (Lipinski definition) is 3. The highest BCUT2D eigenvalue weighted by Gasteiger charge is 2.23. The van der Waals surface area contributed by atoms with Gasteiger partial charge in [0.15, 0.2) is 0 Å². The molecule has 176 valence electrons. The molecule has 0 heterocycles. The lowest BCUT2D eigenvalue weighted by molar-refractivity contribution is -0.139. The van der Waals surface area contributed by atoms with Gasteiger partial charge in [-0.1, -0.05) is 48.5 Å². The topological polar surface area (TPSA) is 122 Å². The van der Waals surface area contributed by atoms with Gasteiger partial charge in [-0.05, 0) is 50.5 Å². The van der Waals surface area contributed by atoms with Gasteiger partial charge in [0.05, 0.1) is 0 Å². The van der Waals surface area contributed by atoms with Crippen molar-refractivity contribution < 1.29 is 34.1 Å². The number of rotatable bonds is 10. The number of carbonyl (C=O) groups is 3. The summed E-state index contributed by atoms with van der Waals surface area (Å²) in [7, 11) is 0. The van der Waals surface area contributed by atoms with Crippen LogP contribution in [0, 0.1) is 0 Å². The third-order valence-corrected chi connectivity index (χ3v) is 4.43. The fraction of sp³-hybridized carbons (Fsp3) is 0.320. The molecule has 8 nitrogen and oxygen atoms in total. The molecule has 2 rings (SSSR count). The zero-order valence-corrected chi connectivity index (χ0v) is 18.9. The number of nitrogens with one attached hydrogen (secondary N) is 1. The van der Waals surface area contributed by atoms with Gasteiger partial charge in [0.2, 0.25) is 0 Å². The Labute approximate surface area is 192 Å². The third kappa shape index (κ3) is 9.47. The highest BCUT2D eigenvalue weighted by atomic mass is 16.6. The quantitative estimate of drug-likeness (QED) is 0.459. The molecule has 1 atom stereocenters. The SMILES string of the molecule is CC(C)(C)OC(=O)N[C@@H](CC=C(Cc1ccc(OCc2ccccc2)cc1)C(=O)O)C(=O)O. The minimum Gasteiger partial charge on any atom is -0.489 e. The molecule has 0 saturated heterocycles. The summed E-state index contributed by atoms with van der Waals surface area (Å²) < 4.78 is 10.8. The molecule has 8 heteroatoms. The summed E-state index contributed by atoms with van der Waals surface area (Å²) in [6, 6.07) is 15.4. The maximum atomic E-state index is 11.9. The largest absolute Gasteiger partial charge is 0.489 e. The molecule has 0 radical (unpaired) electrons. The van der Waals surface area contributed by atoms with Crippen LogP contribution in [-0.2, 0) is 27.4 Å². The molecule has 2 aromatic rings. The second-order valence-corrected chi connectivity index (χ2v) is 8.40. The van der Waals surface area contributed by atoms with E-state index in [1.807, 2.05) is 30.3 Å². The van der Waals surface area contributed by atoms with Crippen molar-refractivity contribution in [2.45, 2.75) is 51.9 Å². The number of hydrogen-bond acceptors (Lipinski definition) is 5. The Morgan fingerprint density at radius 2 is 1.61 bits per heavy atom. The zero-order valence-electron chi connectivity index (χ0n) is 18.9. The lowest BCUT2D eigenvalue weighted by atomic mass is 10.0. The van der Waals surface area contributed by atoms with E-state index in [2.05, 4.69) is 5.32 Å². The average Bonchev–Trinajstić information content (AvgIpc) is 2.74. The van der Waals surface area contributed by atoms with Gasteiger partial charge in [0.1, 0.15) is 24.0 Å². The Morgan fingerprint density at radius 3 is 2.15 bits per heavy atom. The summed E-state index contributed by atoms with van der Waals surface area (Å²) in [6.07, 6.45) is 0.311. The van der Waals surface area contributed by atoms with Gasteiger partial charge in [-0.3, -0.25) is 0 Å². The summed E-state index contributed by atoms with van der Waals surface area (Å²) in [5.41, 5.74) is 0.991. The van der Waals surface area contributed by atoms with E-state index in [9.17, 15) is 24.6 Å². The fourth-order valence-corrected chi connectivity index (χ4v) is 2.83. The van der Waals surface area contributed by atoms with Crippen LogP contribution in [0.5, 0.6) is 5.75 Å². The van der Waals surface area contributed by atoms with Gasteiger partial charge < -0.3 is 25.0 Å². The molecule has 2 aromatic carbocycles. The third-order valence-electron chi connectivity index (χ3n) is 4.43. The van der Waals surface area contributed by atoms with Crippen molar-refractivity contribution in [1.29, 1.82) is 0 Å². The number of carbonyl (C=O) groups excluding carboxylic acids is 1. The summed E-state index contributed by atoms with van der Waals surface area (Å²) in [6.45, 7) is 5.38. The first kappa shape index (κ1) is 25.5. The normalized spacial score (nSPS) is 12.5. The Kier molecular flexibility index (Phi) is 9.03. The highest BCUT2D eigenvalue weighted by Crippen LogP contribution is 2.17. The molecule has 0 aliphatic heterocycles. The minimum atomic E-state index is -1.32. The van der Waals surface area contributed by atoms with E-state index in [0.29, 0.717) is 12.4 Å². The zero-order chi connectivity index (χ0) is 24.4. The van der Waals surface area contributed by atoms with Crippen LogP contribution in [0.15, 0.2) is 66.2 Å². The highest BCUT2D eigenvalue weighted by molar-refractivity contribution is 5.87. The molecular weight excluding hydrogens is 426 g/mol. The van der Waals surface area contributed by atoms with Crippen molar-refractivity contribution in [2.75, 3.05) is 0 Å². The number of carboxylic acids is 2. The standard InChI is InChI=1S/C25H29NO7/c1-25(2,3)33-24(31)26-21(23(29)30)14-11-19(22(27)28)15-17-9-12-20(13-10-17)32-16-18-7-5-4-6-8-18/h4-13,21H,14-16H2,1-3H3,(H,26,31)(H,27,28)(H,29,30)/t21-/m0/s1. The first-order valence-electron chi connectivity index (χ1n) is 10.4. The molecule has 3 N–H and O–H groups in total. The van der Waals surface area contributed by atoms with Gasteiger partial charge in [0.25, 0.3) is 0 Å². The van der Waals surface area contributed by atoms with E-state index in [-0.39, 0.29) is 18.4 Å². The minimum absolute atomic E-state index is 0.0187. The molecule has 0 bridgehead atoms. The number of carboxylic acid groups (broad SMARTS) is 2.